The maximum atomic E-state index is 8.91. The minimum Gasteiger partial charge on any atom is -0.396 e. The molecule has 0 spiro atoms. The molecule has 0 atom stereocenters. The SMILES string of the molecule is CCO[SiH](OCC)c1ccccc1CCCO. The summed E-state index contributed by atoms with van der Waals surface area (Å²) in [6.07, 6.45) is 1.67. The van der Waals surface area contributed by atoms with E-state index >= 15 is 0 Å². The fraction of sp³-hybridized carbons (Fsp3) is 0.538. The first-order chi connectivity index (χ1) is 8.33. The van der Waals surface area contributed by atoms with Gasteiger partial charge in [0.05, 0.1) is 0 Å². The maximum Gasteiger partial charge on any atom is 0.356 e. The van der Waals surface area contributed by atoms with Crippen LogP contribution in [0.15, 0.2) is 24.3 Å². The van der Waals surface area contributed by atoms with Crippen LogP contribution in [0.1, 0.15) is 25.8 Å². The van der Waals surface area contributed by atoms with Crippen LogP contribution in [0.3, 0.4) is 0 Å². The Hall–Kier alpha value is -0.683. The summed E-state index contributed by atoms with van der Waals surface area (Å²) in [5.74, 6) is 0. The molecule has 0 heterocycles. The van der Waals surface area contributed by atoms with Crippen molar-refractivity contribution in [2.75, 3.05) is 19.8 Å². The van der Waals surface area contributed by atoms with E-state index < -0.39 is 9.28 Å². The summed E-state index contributed by atoms with van der Waals surface area (Å²) in [4.78, 5) is 0. The predicted octanol–water partition coefficient (Wildman–Crippen LogP) is 1.11. The smallest absolute Gasteiger partial charge is 0.356 e. The van der Waals surface area contributed by atoms with Crippen LogP contribution in [-0.2, 0) is 15.3 Å². The van der Waals surface area contributed by atoms with Gasteiger partial charge in [0.15, 0.2) is 0 Å². The molecule has 0 radical (unpaired) electrons. The molecule has 0 aliphatic carbocycles. The standard InChI is InChI=1S/C13H22O3Si/c1-3-15-17(16-4-2)13-10-6-5-8-12(13)9-7-11-14/h5-6,8,10,14,17H,3-4,7,9,11H2,1-2H3. The third kappa shape index (κ3) is 4.59. The van der Waals surface area contributed by atoms with Gasteiger partial charge in [0.2, 0.25) is 0 Å². The Bertz CT molecular complexity index is 311. The van der Waals surface area contributed by atoms with E-state index in [4.69, 9.17) is 14.0 Å². The molecule has 0 saturated carbocycles. The van der Waals surface area contributed by atoms with Crippen LogP contribution < -0.4 is 5.19 Å². The second kappa shape index (κ2) is 8.41. The molecular weight excluding hydrogens is 232 g/mol. The molecule has 17 heavy (non-hydrogen) atoms. The van der Waals surface area contributed by atoms with Crippen LogP contribution in [0.2, 0.25) is 0 Å². The van der Waals surface area contributed by atoms with Crippen molar-refractivity contribution < 1.29 is 14.0 Å². The van der Waals surface area contributed by atoms with Gasteiger partial charge in [0, 0.05) is 19.8 Å². The van der Waals surface area contributed by atoms with Gasteiger partial charge in [-0.25, -0.2) is 0 Å². The fourth-order valence-electron chi connectivity index (χ4n) is 1.79. The minimum absolute atomic E-state index is 0.226. The molecule has 1 aromatic carbocycles. The lowest BCUT2D eigenvalue weighted by Gasteiger charge is -2.18. The highest BCUT2D eigenvalue weighted by atomic mass is 28.3. The molecule has 1 rings (SSSR count). The normalized spacial score (nSPS) is 11.1. The van der Waals surface area contributed by atoms with Gasteiger partial charge < -0.3 is 14.0 Å². The Balaban J connectivity index is 2.83. The van der Waals surface area contributed by atoms with Crippen molar-refractivity contribution in [1.29, 1.82) is 0 Å². The fourth-order valence-corrected chi connectivity index (χ4v) is 3.66. The van der Waals surface area contributed by atoms with Gasteiger partial charge in [-0.05, 0) is 37.4 Å². The highest BCUT2D eigenvalue weighted by molar-refractivity contribution is 6.61. The number of hydrogen-bond acceptors (Lipinski definition) is 3. The first-order valence-electron chi connectivity index (χ1n) is 6.25. The van der Waals surface area contributed by atoms with E-state index in [9.17, 15) is 0 Å². The van der Waals surface area contributed by atoms with Gasteiger partial charge in [-0.15, -0.1) is 0 Å². The summed E-state index contributed by atoms with van der Waals surface area (Å²) in [7, 11) is -1.76. The van der Waals surface area contributed by atoms with Gasteiger partial charge in [-0.3, -0.25) is 0 Å². The third-order valence-electron chi connectivity index (χ3n) is 2.55. The molecule has 0 aromatic heterocycles. The minimum atomic E-state index is -1.76. The van der Waals surface area contributed by atoms with Crippen LogP contribution in [-0.4, -0.2) is 34.2 Å². The summed E-state index contributed by atoms with van der Waals surface area (Å²) in [6, 6.07) is 8.24. The van der Waals surface area contributed by atoms with E-state index in [-0.39, 0.29) is 6.61 Å². The van der Waals surface area contributed by atoms with E-state index in [1.165, 1.54) is 10.8 Å². The number of aliphatic hydroxyl groups excluding tert-OH is 1. The van der Waals surface area contributed by atoms with Crippen molar-refractivity contribution in [1.82, 2.24) is 0 Å². The molecule has 4 heteroatoms. The second-order valence-electron chi connectivity index (χ2n) is 3.77. The van der Waals surface area contributed by atoms with E-state index in [0.29, 0.717) is 13.2 Å². The van der Waals surface area contributed by atoms with E-state index in [0.717, 1.165) is 12.8 Å². The monoisotopic (exact) mass is 254 g/mol. The topological polar surface area (TPSA) is 38.7 Å². The predicted molar refractivity (Wildman–Crippen MR) is 71.9 cm³/mol. The number of hydrogen-bond donors (Lipinski definition) is 1. The Labute approximate surface area is 105 Å². The van der Waals surface area contributed by atoms with Crippen LogP contribution in [0, 0.1) is 0 Å². The molecule has 0 fully saturated rings. The Kier molecular flexibility index (Phi) is 7.12. The maximum absolute atomic E-state index is 8.91. The van der Waals surface area contributed by atoms with Gasteiger partial charge in [0.1, 0.15) is 0 Å². The number of benzene rings is 1. The van der Waals surface area contributed by atoms with Gasteiger partial charge >= 0.3 is 9.28 Å². The lowest BCUT2D eigenvalue weighted by atomic mass is 10.1. The zero-order chi connectivity index (χ0) is 12.5. The van der Waals surface area contributed by atoms with Crippen LogP contribution in [0.25, 0.3) is 0 Å². The molecule has 0 amide bonds. The van der Waals surface area contributed by atoms with E-state index in [1.807, 2.05) is 26.0 Å². The average molecular weight is 254 g/mol. The van der Waals surface area contributed by atoms with Crippen molar-refractivity contribution in [3.8, 4) is 0 Å². The first-order valence-corrected chi connectivity index (χ1v) is 7.77. The summed E-state index contributed by atoms with van der Waals surface area (Å²) in [5, 5.41) is 10.1. The molecule has 0 saturated heterocycles. The second-order valence-corrected chi connectivity index (χ2v) is 5.72. The highest BCUT2D eigenvalue weighted by Crippen LogP contribution is 2.04. The lowest BCUT2D eigenvalue weighted by Crippen LogP contribution is -2.39. The quantitative estimate of drug-likeness (QED) is 0.706. The molecule has 0 aliphatic heterocycles. The van der Waals surface area contributed by atoms with Crippen molar-refractivity contribution in [3.05, 3.63) is 29.8 Å². The molecule has 0 unspecified atom stereocenters. The number of rotatable bonds is 8. The highest BCUT2D eigenvalue weighted by Gasteiger charge is 2.18. The largest absolute Gasteiger partial charge is 0.396 e. The van der Waals surface area contributed by atoms with Crippen LogP contribution >= 0.6 is 0 Å². The summed E-state index contributed by atoms with van der Waals surface area (Å²) in [5.41, 5.74) is 1.25. The number of aryl methyl sites for hydroxylation is 1. The van der Waals surface area contributed by atoms with E-state index in [1.54, 1.807) is 0 Å². The van der Waals surface area contributed by atoms with Crippen molar-refractivity contribution in [3.63, 3.8) is 0 Å². The Morgan fingerprint density at radius 1 is 1.12 bits per heavy atom. The molecule has 1 aromatic rings. The molecule has 0 bridgehead atoms. The third-order valence-corrected chi connectivity index (χ3v) is 4.89. The van der Waals surface area contributed by atoms with E-state index in [2.05, 4.69) is 12.1 Å². The molecule has 0 aliphatic rings. The molecule has 3 nitrogen and oxygen atoms in total. The van der Waals surface area contributed by atoms with Crippen molar-refractivity contribution >= 4 is 14.5 Å². The molecule has 96 valence electrons. The van der Waals surface area contributed by atoms with Crippen LogP contribution in [0.4, 0.5) is 0 Å². The van der Waals surface area contributed by atoms with Gasteiger partial charge in [-0.1, -0.05) is 24.3 Å². The molecule has 1 N–H and O–H groups in total. The summed E-state index contributed by atoms with van der Waals surface area (Å²) >= 11 is 0. The summed E-state index contributed by atoms with van der Waals surface area (Å²) < 4.78 is 11.5. The van der Waals surface area contributed by atoms with Gasteiger partial charge in [0.25, 0.3) is 0 Å². The van der Waals surface area contributed by atoms with Crippen molar-refractivity contribution in [2.45, 2.75) is 26.7 Å². The number of aliphatic hydroxyl groups is 1. The average Bonchev–Trinajstić information content (AvgIpc) is 2.36. The lowest BCUT2D eigenvalue weighted by molar-refractivity contribution is 0.225. The Morgan fingerprint density at radius 2 is 1.76 bits per heavy atom. The van der Waals surface area contributed by atoms with Crippen LogP contribution in [0.5, 0.6) is 0 Å². The zero-order valence-corrected chi connectivity index (χ0v) is 11.8. The zero-order valence-electron chi connectivity index (χ0n) is 10.7. The van der Waals surface area contributed by atoms with Crippen molar-refractivity contribution in [2.24, 2.45) is 0 Å². The molecular formula is C13H22O3Si. The Morgan fingerprint density at radius 3 is 2.35 bits per heavy atom. The summed E-state index contributed by atoms with van der Waals surface area (Å²) in [6.45, 7) is 5.59. The van der Waals surface area contributed by atoms with Gasteiger partial charge in [-0.2, -0.15) is 0 Å². The first kappa shape index (κ1) is 14.4.